The van der Waals surface area contributed by atoms with Crippen LogP contribution in [0, 0.1) is 6.92 Å². The van der Waals surface area contributed by atoms with Crippen molar-refractivity contribution in [3.8, 4) is 11.4 Å². The Bertz CT molecular complexity index is 1420. The third-order valence-corrected chi connectivity index (χ3v) is 4.97. The van der Waals surface area contributed by atoms with E-state index in [0.29, 0.717) is 28.9 Å². The molecular weight excluding hydrogens is 418 g/mol. The van der Waals surface area contributed by atoms with Gasteiger partial charge < -0.3 is 4.98 Å². The topological polar surface area (TPSA) is 120 Å². The molecule has 0 radical (unpaired) electrons. The fourth-order valence-corrected chi connectivity index (χ4v) is 3.24. The second kappa shape index (κ2) is 7.73. The van der Waals surface area contributed by atoms with Crippen LogP contribution in [0.15, 0.2) is 53.3 Å². The van der Waals surface area contributed by atoms with Crippen LogP contribution >= 0.6 is 11.6 Å². The first-order valence-electron chi connectivity index (χ1n) is 9.47. The van der Waals surface area contributed by atoms with E-state index in [9.17, 15) is 4.79 Å². The fraction of sp³-hybridized carbons (Fsp3) is 0.150. The maximum absolute atomic E-state index is 12.5. The Balaban J connectivity index is 1.43. The Labute approximate surface area is 180 Å². The van der Waals surface area contributed by atoms with Crippen LogP contribution in [0.1, 0.15) is 17.0 Å². The molecule has 0 bridgehead atoms. The summed E-state index contributed by atoms with van der Waals surface area (Å²) in [7, 11) is 0. The molecule has 0 atom stereocenters. The second-order valence-electron chi connectivity index (χ2n) is 7.07. The van der Waals surface area contributed by atoms with E-state index in [-0.39, 0.29) is 17.6 Å². The van der Waals surface area contributed by atoms with Crippen molar-refractivity contribution in [2.45, 2.75) is 20.0 Å². The Morgan fingerprint density at radius 2 is 1.74 bits per heavy atom. The van der Waals surface area contributed by atoms with Gasteiger partial charge in [0.05, 0.1) is 6.54 Å². The highest BCUT2D eigenvalue weighted by molar-refractivity contribution is 6.30. The molecule has 3 heterocycles. The van der Waals surface area contributed by atoms with Crippen molar-refractivity contribution in [2.24, 2.45) is 0 Å². The Morgan fingerprint density at radius 1 is 0.968 bits per heavy atom. The number of hydrogen-bond donors (Lipinski definition) is 1. The number of nitrogens with one attached hydrogen (secondary N) is 1. The van der Waals surface area contributed by atoms with E-state index in [1.165, 1.54) is 10.4 Å². The molecule has 31 heavy (non-hydrogen) atoms. The Hall–Kier alpha value is -3.92. The number of halogens is 1. The summed E-state index contributed by atoms with van der Waals surface area (Å²) in [6.45, 7) is 2.62. The van der Waals surface area contributed by atoms with Crippen LogP contribution in [-0.2, 0) is 13.1 Å². The fourth-order valence-electron chi connectivity index (χ4n) is 3.12. The zero-order chi connectivity index (χ0) is 21.4. The molecule has 0 unspecified atom stereocenters. The van der Waals surface area contributed by atoms with Gasteiger partial charge in [-0.15, -0.1) is 15.3 Å². The molecule has 5 rings (SSSR count). The summed E-state index contributed by atoms with van der Waals surface area (Å²) in [5.74, 6) is 0.830. The molecular formula is C20H16ClN9O. The van der Waals surface area contributed by atoms with Crippen molar-refractivity contribution in [3.63, 3.8) is 0 Å². The molecule has 11 heteroatoms. The molecule has 0 saturated heterocycles. The third kappa shape index (κ3) is 3.92. The van der Waals surface area contributed by atoms with Gasteiger partial charge in [0, 0.05) is 10.6 Å². The van der Waals surface area contributed by atoms with Crippen LogP contribution in [0.4, 0.5) is 0 Å². The van der Waals surface area contributed by atoms with E-state index in [0.717, 1.165) is 11.1 Å². The SMILES string of the molecule is Cc1ccc(Cn2nnc3c(=O)[nH]c(Cn4nnc(-c5ccc(Cl)cc5)n4)nc32)cc1. The molecule has 2 aromatic carbocycles. The lowest BCUT2D eigenvalue weighted by atomic mass is 10.1. The number of aromatic nitrogens is 9. The summed E-state index contributed by atoms with van der Waals surface area (Å²) in [6.07, 6.45) is 0. The third-order valence-electron chi connectivity index (χ3n) is 4.72. The molecule has 5 aromatic rings. The lowest BCUT2D eigenvalue weighted by Gasteiger charge is -2.04. The maximum Gasteiger partial charge on any atom is 0.281 e. The molecule has 154 valence electrons. The van der Waals surface area contributed by atoms with Crippen molar-refractivity contribution >= 4 is 22.8 Å². The van der Waals surface area contributed by atoms with Crippen LogP contribution in [0.5, 0.6) is 0 Å². The molecule has 0 amide bonds. The van der Waals surface area contributed by atoms with Gasteiger partial charge in [0.2, 0.25) is 5.82 Å². The van der Waals surface area contributed by atoms with Crippen LogP contribution in [-0.4, -0.2) is 45.2 Å². The average molecular weight is 434 g/mol. The van der Waals surface area contributed by atoms with E-state index in [1.807, 2.05) is 43.3 Å². The quantitative estimate of drug-likeness (QED) is 0.451. The number of aryl methyl sites for hydroxylation is 1. The maximum atomic E-state index is 12.5. The summed E-state index contributed by atoms with van der Waals surface area (Å²) in [4.78, 5) is 21.1. The molecule has 0 aliphatic carbocycles. The summed E-state index contributed by atoms with van der Waals surface area (Å²) >= 11 is 5.92. The number of H-pyrrole nitrogens is 1. The minimum absolute atomic E-state index is 0.140. The van der Waals surface area contributed by atoms with Gasteiger partial charge in [-0.05, 0) is 42.0 Å². The summed E-state index contributed by atoms with van der Waals surface area (Å²) in [6, 6.07) is 15.2. The molecule has 3 aromatic heterocycles. The molecule has 0 aliphatic rings. The molecule has 0 saturated carbocycles. The van der Waals surface area contributed by atoms with E-state index < -0.39 is 0 Å². The first-order chi connectivity index (χ1) is 15.0. The Kier molecular flexibility index (Phi) is 4.75. The lowest BCUT2D eigenvalue weighted by molar-refractivity contribution is 0.553. The highest BCUT2D eigenvalue weighted by Gasteiger charge is 2.14. The monoisotopic (exact) mass is 433 g/mol. The molecule has 0 aliphatic heterocycles. The predicted octanol–water partition coefficient (Wildman–Crippen LogP) is 2.23. The molecule has 0 spiro atoms. The average Bonchev–Trinajstić information content (AvgIpc) is 3.38. The predicted molar refractivity (Wildman–Crippen MR) is 114 cm³/mol. The van der Waals surface area contributed by atoms with Gasteiger partial charge in [-0.25, -0.2) is 9.67 Å². The first-order valence-corrected chi connectivity index (χ1v) is 9.85. The number of aromatic amines is 1. The van der Waals surface area contributed by atoms with Crippen molar-refractivity contribution < 1.29 is 0 Å². The van der Waals surface area contributed by atoms with E-state index >= 15 is 0 Å². The van der Waals surface area contributed by atoms with Crippen molar-refractivity contribution in [1.82, 2.24) is 45.2 Å². The van der Waals surface area contributed by atoms with Crippen LogP contribution in [0.25, 0.3) is 22.6 Å². The number of hydrogen-bond acceptors (Lipinski definition) is 7. The molecule has 0 fully saturated rings. The van der Waals surface area contributed by atoms with E-state index in [1.54, 1.807) is 16.8 Å². The molecule has 1 N–H and O–H groups in total. The van der Waals surface area contributed by atoms with Gasteiger partial charge in [-0.1, -0.05) is 46.6 Å². The van der Waals surface area contributed by atoms with E-state index in [4.69, 9.17) is 11.6 Å². The number of rotatable bonds is 5. The lowest BCUT2D eigenvalue weighted by Crippen LogP contribution is -2.16. The number of tetrazole rings is 1. The highest BCUT2D eigenvalue weighted by Crippen LogP contribution is 2.17. The van der Waals surface area contributed by atoms with Gasteiger partial charge in [0.1, 0.15) is 12.4 Å². The van der Waals surface area contributed by atoms with Gasteiger partial charge in [0.25, 0.3) is 5.56 Å². The summed E-state index contributed by atoms with van der Waals surface area (Å²) in [5, 5.41) is 21.2. The van der Waals surface area contributed by atoms with E-state index in [2.05, 4.69) is 35.7 Å². The van der Waals surface area contributed by atoms with Gasteiger partial charge in [-0.3, -0.25) is 4.79 Å². The summed E-state index contributed by atoms with van der Waals surface area (Å²) < 4.78 is 1.60. The number of nitrogens with zero attached hydrogens (tertiary/aromatic N) is 8. The Morgan fingerprint density at radius 3 is 2.52 bits per heavy atom. The number of benzene rings is 2. The van der Waals surface area contributed by atoms with Gasteiger partial charge in [0.15, 0.2) is 11.2 Å². The normalized spacial score (nSPS) is 11.3. The zero-order valence-corrected chi connectivity index (χ0v) is 17.2. The second-order valence-corrected chi connectivity index (χ2v) is 7.50. The minimum Gasteiger partial charge on any atom is -0.307 e. The zero-order valence-electron chi connectivity index (χ0n) is 16.4. The number of fused-ring (bicyclic) bond motifs is 1. The largest absolute Gasteiger partial charge is 0.307 e. The van der Waals surface area contributed by atoms with Crippen molar-refractivity contribution in [3.05, 3.63) is 80.9 Å². The molecule has 10 nitrogen and oxygen atoms in total. The van der Waals surface area contributed by atoms with Gasteiger partial charge in [-0.2, -0.15) is 4.80 Å². The minimum atomic E-state index is -0.367. The van der Waals surface area contributed by atoms with Crippen LogP contribution < -0.4 is 5.56 Å². The van der Waals surface area contributed by atoms with Crippen molar-refractivity contribution in [2.75, 3.05) is 0 Å². The van der Waals surface area contributed by atoms with Gasteiger partial charge >= 0.3 is 0 Å². The van der Waals surface area contributed by atoms with Crippen molar-refractivity contribution in [1.29, 1.82) is 0 Å². The smallest absolute Gasteiger partial charge is 0.281 e. The standard InChI is InChI=1S/C20H16ClN9O/c1-12-2-4-13(5-3-12)10-29-19-17(24-27-29)20(31)23-16(22-19)11-30-26-18(25-28-30)14-6-8-15(21)9-7-14/h2-9H,10-11H2,1H3,(H,22,23,31). The highest BCUT2D eigenvalue weighted by atomic mass is 35.5. The van der Waals surface area contributed by atoms with Crippen LogP contribution in [0.2, 0.25) is 5.02 Å². The summed E-state index contributed by atoms with van der Waals surface area (Å²) in [5.41, 5.74) is 3.21. The first kappa shape index (κ1) is 19.1. The van der Waals surface area contributed by atoms with Crippen LogP contribution in [0.3, 0.4) is 0 Å².